The summed E-state index contributed by atoms with van der Waals surface area (Å²) in [6.07, 6.45) is 4.00. The van der Waals surface area contributed by atoms with Crippen molar-refractivity contribution < 1.29 is 0 Å². The molecule has 0 aliphatic carbocycles. The number of rotatable bonds is 2. The third-order valence-corrected chi connectivity index (χ3v) is 3.95. The molecule has 1 aromatic rings. The minimum absolute atomic E-state index is 0.712. The fourth-order valence-electron chi connectivity index (χ4n) is 2.64. The van der Waals surface area contributed by atoms with E-state index >= 15 is 0 Å². The Morgan fingerprint density at radius 1 is 1.40 bits per heavy atom. The summed E-state index contributed by atoms with van der Waals surface area (Å²) in [6, 6.07) is 1.48. The van der Waals surface area contributed by atoms with E-state index in [1.165, 1.54) is 43.9 Å². The molecule has 4 nitrogen and oxygen atoms in total. The van der Waals surface area contributed by atoms with Gasteiger partial charge >= 0.3 is 0 Å². The molecular weight excluding hydrogens is 208 g/mol. The van der Waals surface area contributed by atoms with E-state index < -0.39 is 0 Å². The molecule has 0 aromatic carbocycles. The van der Waals surface area contributed by atoms with Gasteiger partial charge in [0.2, 0.25) is 0 Å². The van der Waals surface area contributed by atoms with Gasteiger partial charge in [-0.25, -0.2) is 0 Å². The highest BCUT2D eigenvalue weighted by molar-refractivity contribution is 7.03. The maximum absolute atomic E-state index is 4.11. The second-order valence-corrected chi connectivity index (χ2v) is 5.17. The van der Waals surface area contributed by atoms with Crippen LogP contribution in [0.1, 0.15) is 25.0 Å². The summed E-state index contributed by atoms with van der Waals surface area (Å²) >= 11 is 1.45. The second kappa shape index (κ2) is 4.15. The second-order valence-electron chi connectivity index (χ2n) is 4.56. The van der Waals surface area contributed by atoms with E-state index in [0.29, 0.717) is 6.04 Å². The van der Waals surface area contributed by atoms with Crippen LogP contribution < -0.4 is 5.32 Å². The number of hydrogen-bond acceptors (Lipinski definition) is 5. The molecule has 3 rings (SSSR count). The fourth-order valence-corrected chi connectivity index (χ4v) is 3.08. The van der Waals surface area contributed by atoms with Crippen LogP contribution in [0.15, 0.2) is 5.38 Å². The van der Waals surface area contributed by atoms with E-state index in [2.05, 4.69) is 25.2 Å². The largest absolute Gasteiger partial charge is 0.310 e. The third kappa shape index (κ3) is 2.19. The zero-order chi connectivity index (χ0) is 10.1. The maximum atomic E-state index is 4.11. The molecule has 15 heavy (non-hydrogen) atoms. The Balaban J connectivity index is 1.62. The third-order valence-electron chi connectivity index (χ3n) is 3.40. The average molecular weight is 224 g/mol. The molecule has 1 aromatic heterocycles. The molecule has 2 aliphatic rings. The summed E-state index contributed by atoms with van der Waals surface area (Å²) in [5.74, 6) is 0. The zero-order valence-corrected chi connectivity index (χ0v) is 9.54. The lowest BCUT2D eigenvalue weighted by Crippen LogP contribution is -2.35. The van der Waals surface area contributed by atoms with Crippen LogP contribution in [-0.2, 0) is 6.54 Å². The SMILES string of the molecule is c1snnc1CN1CCC2CCC(C1)N2. The first-order valence-corrected chi connectivity index (χ1v) is 6.48. The van der Waals surface area contributed by atoms with Crippen LogP contribution in [0.2, 0.25) is 0 Å². The van der Waals surface area contributed by atoms with Crippen molar-refractivity contribution in [3.63, 3.8) is 0 Å². The summed E-state index contributed by atoms with van der Waals surface area (Å²) in [5, 5.41) is 9.85. The molecule has 0 radical (unpaired) electrons. The predicted molar refractivity (Wildman–Crippen MR) is 59.7 cm³/mol. The minimum atomic E-state index is 0.712. The van der Waals surface area contributed by atoms with Crippen molar-refractivity contribution in [1.29, 1.82) is 0 Å². The molecule has 2 saturated heterocycles. The van der Waals surface area contributed by atoms with Crippen molar-refractivity contribution in [2.24, 2.45) is 0 Å². The van der Waals surface area contributed by atoms with Gasteiger partial charge in [0.1, 0.15) is 0 Å². The summed E-state index contributed by atoms with van der Waals surface area (Å²) in [7, 11) is 0. The lowest BCUT2D eigenvalue weighted by molar-refractivity contribution is 0.248. The molecule has 2 aliphatic heterocycles. The quantitative estimate of drug-likeness (QED) is 0.809. The average Bonchev–Trinajstić information content (AvgIpc) is 2.80. The van der Waals surface area contributed by atoms with E-state index in [4.69, 9.17) is 0 Å². The summed E-state index contributed by atoms with van der Waals surface area (Å²) in [5.41, 5.74) is 1.12. The highest BCUT2D eigenvalue weighted by Crippen LogP contribution is 2.21. The summed E-state index contributed by atoms with van der Waals surface area (Å²) in [6.45, 7) is 3.35. The van der Waals surface area contributed by atoms with Gasteiger partial charge in [0, 0.05) is 37.1 Å². The van der Waals surface area contributed by atoms with Gasteiger partial charge < -0.3 is 5.32 Å². The Hall–Kier alpha value is -0.520. The van der Waals surface area contributed by atoms with Gasteiger partial charge in [0.25, 0.3) is 0 Å². The number of nitrogens with zero attached hydrogens (tertiary/aromatic N) is 3. The molecule has 0 amide bonds. The van der Waals surface area contributed by atoms with Gasteiger partial charge in [-0.3, -0.25) is 4.90 Å². The number of fused-ring (bicyclic) bond motifs is 2. The number of likely N-dealkylation sites (tertiary alicyclic amines) is 1. The van der Waals surface area contributed by atoms with E-state index in [9.17, 15) is 0 Å². The standard InChI is InChI=1S/C10H16N4S/c1-2-9-5-14(4-3-8(1)11-9)6-10-7-15-13-12-10/h7-9,11H,1-6H2. The Labute approximate surface area is 93.8 Å². The molecule has 2 fully saturated rings. The first kappa shape index (κ1) is 9.69. The molecule has 2 bridgehead atoms. The molecule has 2 unspecified atom stereocenters. The van der Waals surface area contributed by atoms with E-state index in [1.54, 1.807) is 0 Å². The van der Waals surface area contributed by atoms with Crippen molar-refractivity contribution in [3.8, 4) is 0 Å². The molecule has 1 N–H and O–H groups in total. The van der Waals surface area contributed by atoms with Crippen LogP contribution >= 0.6 is 11.5 Å². The first-order chi connectivity index (χ1) is 7.40. The van der Waals surface area contributed by atoms with Crippen LogP contribution in [0.5, 0.6) is 0 Å². The highest BCUT2D eigenvalue weighted by Gasteiger charge is 2.29. The maximum Gasteiger partial charge on any atom is 0.0895 e. The lowest BCUT2D eigenvalue weighted by Gasteiger charge is -2.22. The lowest BCUT2D eigenvalue weighted by atomic mass is 10.1. The van der Waals surface area contributed by atoms with Gasteiger partial charge in [-0.1, -0.05) is 4.49 Å². The van der Waals surface area contributed by atoms with E-state index in [1.807, 2.05) is 0 Å². The molecule has 0 spiro atoms. The molecule has 0 saturated carbocycles. The number of aromatic nitrogens is 2. The van der Waals surface area contributed by atoms with Gasteiger partial charge in [0.05, 0.1) is 5.69 Å². The molecule has 3 heterocycles. The van der Waals surface area contributed by atoms with Gasteiger partial charge in [-0.05, 0) is 30.8 Å². The van der Waals surface area contributed by atoms with Crippen molar-refractivity contribution >= 4 is 11.5 Å². The normalized spacial score (nSPS) is 31.7. The van der Waals surface area contributed by atoms with E-state index in [0.717, 1.165) is 18.3 Å². The summed E-state index contributed by atoms with van der Waals surface area (Å²) < 4.78 is 3.91. The molecule has 5 heteroatoms. The molecule has 82 valence electrons. The molecular formula is C10H16N4S. The zero-order valence-electron chi connectivity index (χ0n) is 8.72. The van der Waals surface area contributed by atoms with Gasteiger partial charge in [0.15, 0.2) is 0 Å². The first-order valence-electron chi connectivity index (χ1n) is 5.64. The van der Waals surface area contributed by atoms with Gasteiger partial charge in [-0.15, -0.1) is 5.10 Å². The van der Waals surface area contributed by atoms with Crippen molar-refractivity contribution in [2.45, 2.75) is 37.9 Å². The Bertz CT molecular complexity index is 313. The summed E-state index contributed by atoms with van der Waals surface area (Å²) in [4.78, 5) is 2.51. The van der Waals surface area contributed by atoms with Crippen LogP contribution in [0.4, 0.5) is 0 Å². The van der Waals surface area contributed by atoms with Crippen LogP contribution in [0, 0.1) is 0 Å². The topological polar surface area (TPSA) is 41.1 Å². The Morgan fingerprint density at radius 3 is 3.20 bits per heavy atom. The smallest absolute Gasteiger partial charge is 0.0895 e. The Kier molecular flexibility index (Phi) is 2.68. The number of hydrogen-bond donors (Lipinski definition) is 1. The van der Waals surface area contributed by atoms with Crippen LogP contribution in [0.3, 0.4) is 0 Å². The van der Waals surface area contributed by atoms with Crippen LogP contribution in [0.25, 0.3) is 0 Å². The highest BCUT2D eigenvalue weighted by atomic mass is 32.1. The van der Waals surface area contributed by atoms with Crippen molar-refractivity contribution in [1.82, 2.24) is 19.8 Å². The molecule has 2 atom stereocenters. The van der Waals surface area contributed by atoms with Gasteiger partial charge in [-0.2, -0.15) is 0 Å². The fraction of sp³-hybridized carbons (Fsp3) is 0.800. The van der Waals surface area contributed by atoms with E-state index in [-0.39, 0.29) is 0 Å². The van der Waals surface area contributed by atoms with Crippen molar-refractivity contribution in [2.75, 3.05) is 13.1 Å². The minimum Gasteiger partial charge on any atom is -0.310 e. The number of nitrogens with one attached hydrogen (secondary N) is 1. The van der Waals surface area contributed by atoms with Crippen molar-refractivity contribution in [3.05, 3.63) is 11.1 Å². The van der Waals surface area contributed by atoms with Crippen LogP contribution in [-0.4, -0.2) is 39.7 Å². The monoisotopic (exact) mass is 224 g/mol. The predicted octanol–water partition coefficient (Wildman–Crippen LogP) is 0.864. The Morgan fingerprint density at radius 2 is 2.33 bits per heavy atom.